The first-order valence-corrected chi connectivity index (χ1v) is 5.71. The standard InChI is InChI=1S/C8H15N.2C2H6/c1-8(2)9-6-4-3-5-7-9;2*1-2/h1,3-7H2,2H3;2*1-2H3. The van der Waals surface area contributed by atoms with Crippen LogP contribution in [0.1, 0.15) is 53.9 Å². The van der Waals surface area contributed by atoms with E-state index in [-0.39, 0.29) is 0 Å². The first-order valence-electron chi connectivity index (χ1n) is 5.71. The van der Waals surface area contributed by atoms with Gasteiger partial charge in [-0.1, -0.05) is 34.3 Å². The minimum Gasteiger partial charge on any atom is -0.376 e. The Bertz CT molecular complexity index is 102. The molecule has 0 aliphatic carbocycles. The molecular formula is C12H27N. The molecule has 1 aliphatic rings. The topological polar surface area (TPSA) is 3.24 Å². The molecule has 80 valence electrons. The zero-order valence-corrected chi connectivity index (χ0v) is 10.2. The van der Waals surface area contributed by atoms with Crippen molar-refractivity contribution in [3.63, 3.8) is 0 Å². The smallest absolute Gasteiger partial charge is 0.0174 e. The summed E-state index contributed by atoms with van der Waals surface area (Å²) in [5.74, 6) is 0. The summed E-state index contributed by atoms with van der Waals surface area (Å²) in [5.41, 5.74) is 1.23. The van der Waals surface area contributed by atoms with Crippen LogP contribution in [0.25, 0.3) is 0 Å². The summed E-state index contributed by atoms with van der Waals surface area (Å²) >= 11 is 0. The van der Waals surface area contributed by atoms with Crippen LogP contribution in [-0.4, -0.2) is 18.0 Å². The zero-order chi connectivity index (χ0) is 10.7. The zero-order valence-electron chi connectivity index (χ0n) is 10.2. The fourth-order valence-corrected chi connectivity index (χ4v) is 1.28. The highest BCUT2D eigenvalue weighted by Gasteiger charge is 2.07. The summed E-state index contributed by atoms with van der Waals surface area (Å²) in [4.78, 5) is 2.36. The average molecular weight is 185 g/mol. The predicted octanol–water partition coefficient (Wildman–Crippen LogP) is 4.06. The Kier molecular flexibility index (Phi) is 13.3. The van der Waals surface area contributed by atoms with Crippen molar-refractivity contribution in [3.8, 4) is 0 Å². The molecule has 0 spiro atoms. The maximum absolute atomic E-state index is 3.90. The molecule has 1 heterocycles. The van der Waals surface area contributed by atoms with Crippen molar-refractivity contribution >= 4 is 0 Å². The lowest BCUT2D eigenvalue weighted by atomic mass is 10.1. The van der Waals surface area contributed by atoms with Crippen LogP contribution in [0.2, 0.25) is 0 Å². The molecule has 1 rings (SSSR count). The Balaban J connectivity index is 0. The average Bonchev–Trinajstić information content (AvgIpc) is 2.25. The molecule has 1 heteroatoms. The maximum Gasteiger partial charge on any atom is 0.0174 e. The third-order valence-electron chi connectivity index (χ3n) is 1.90. The van der Waals surface area contributed by atoms with Crippen LogP contribution in [0.5, 0.6) is 0 Å². The highest BCUT2D eigenvalue weighted by Crippen LogP contribution is 2.12. The van der Waals surface area contributed by atoms with Crippen molar-refractivity contribution in [2.24, 2.45) is 0 Å². The summed E-state index contributed by atoms with van der Waals surface area (Å²) in [5, 5.41) is 0. The van der Waals surface area contributed by atoms with E-state index in [2.05, 4.69) is 18.4 Å². The first-order chi connectivity index (χ1) is 6.30. The van der Waals surface area contributed by atoms with Gasteiger partial charge in [-0.25, -0.2) is 0 Å². The van der Waals surface area contributed by atoms with E-state index < -0.39 is 0 Å². The van der Waals surface area contributed by atoms with Crippen molar-refractivity contribution < 1.29 is 0 Å². The van der Waals surface area contributed by atoms with Gasteiger partial charge in [0.1, 0.15) is 0 Å². The van der Waals surface area contributed by atoms with Gasteiger partial charge in [0.25, 0.3) is 0 Å². The third kappa shape index (κ3) is 7.89. The van der Waals surface area contributed by atoms with E-state index in [1.54, 1.807) is 0 Å². The largest absolute Gasteiger partial charge is 0.376 e. The Labute approximate surface area is 84.8 Å². The lowest BCUT2D eigenvalue weighted by molar-refractivity contribution is 0.287. The van der Waals surface area contributed by atoms with E-state index in [9.17, 15) is 0 Å². The lowest BCUT2D eigenvalue weighted by Gasteiger charge is -2.28. The van der Waals surface area contributed by atoms with Gasteiger partial charge in [0, 0.05) is 18.8 Å². The van der Waals surface area contributed by atoms with Gasteiger partial charge in [0.05, 0.1) is 0 Å². The molecule has 0 bridgehead atoms. The number of likely N-dealkylation sites (tertiary alicyclic amines) is 1. The molecule has 0 unspecified atom stereocenters. The van der Waals surface area contributed by atoms with Crippen molar-refractivity contribution in [1.82, 2.24) is 4.90 Å². The number of allylic oxidation sites excluding steroid dienone is 1. The minimum absolute atomic E-state index is 1.23. The predicted molar refractivity (Wildman–Crippen MR) is 62.9 cm³/mol. The molecule has 0 aromatic carbocycles. The fourth-order valence-electron chi connectivity index (χ4n) is 1.28. The number of hydrogen-bond acceptors (Lipinski definition) is 1. The molecular weight excluding hydrogens is 158 g/mol. The number of nitrogens with zero attached hydrogens (tertiary/aromatic N) is 1. The summed E-state index contributed by atoms with van der Waals surface area (Å²) < 4.78 is 0. The monoisotopic (exact) mass is 185 g/mol. The van der Waals surface area contributed by atoms with Crippen molar-refractivity contribution in [3.05, 3.63) is 12.3 Å². The van der Waals surface area contributed by atoms with Crippen molar-refractivity contribution in [2.75, 3.05) is 13.1 Å². The van der Waals surface area contributed by atoms with Crippen LogP contribution in [0.15, 0.2) is 12.3 Å². The molecule has 0 amide bonds. The van der Waals surface area contributed by atoms with Crippen LogP contribution < -0.4 is 0 Å². The van der Waals surface area contributed by atoms with Crippen molar-refractivity contribution in [2.45, 2.75) is 53.9 Å². The molecule has 0 atom stereocenters. The van der Waals surface area contributed by atoms with E-state index in [0.717, 1.165) is 0 Å². The molecule has 0 aromatic rings. The van der Waals surface area contributed by atoms with Crippen LogP contribution in [0.4, 0.5) is 0 Å². The summed E-state index contributed by atoms with van der Waals surface area (Å²) in [6.45, 7) is 16.5. The van der Waals surface area contributed by atoms with Gasteiger partial charge in [-0.05, 0) is 26.2 Å². The highest BCUT2D eigenvalue weighted by atomic mass is 15.1. The second-order valence-corrected chi connectivity index (χ2v) is 2.78. The van der Waals surface area contributed by atoms with Gasteiger partial charge in [-0.15, -0.1) is 0 Å². The van der Waals surface area contributed by atoms with E-state index in [1.165, 1.54) is 38.0 Å². The summed E-state index contributed by atoms with van der Waals surface area (Å²) in [6, 6.07) is 0. The Morgan fingerprint density at radius 2 is 1.31 bits per heavy atom. The molecule has 0 aromatic heterocycles. The first kappa shape index (κ1) is 15.0. The maximum atomic E-state index is 3.90. The minimum atomic E-state index is 1.23. The van der Waals surface area contributed by atoms with Gasteiger partial charge >= 0.3 is 0 Å². The second-order valence-electron chi connectivity index (χ2n) is 2.78. The van der Waals surface area contributed by atoms with Gasteiger partial charge in [-0.3, -0.25) is 0 Å². The van der Waals surface area contributed by atoms with Crippen LogP contribution in [0, 0.1) is 0 Å². The van der Waals surface area contributed by atoms with E-state index in [0.29, 0.717) is 0 Å². The van der Waals surface area contributed by atoms with Gasteiger partial charge < -0.3 is 4.90 Å². The molecule has 0 N–H and O–H groups in total. The Hall–Kier alpha value is -0.460. The fraction of sp³-hybridized carbons (Fsp3) is 0.833. The van der Waals surface area contributed by atoms with Crippen LogP contribution in [0.3, 0.4) is 0 Å². The number of hydrogen-bond donors (Lipinski definition) is 0. The quantitative estimate of drug-likeness (QED) is 0.595. The molecule has 0 radical (unpaired) electrons. The molecule has 13 heavy (non-hydrogen) atoms. The second kappa shape index (κ2) is 11.5. The lowest BCUT2D eigenvalue weighted by Crippen LogP contribution is -2.27. The SMILES string of the molecule is C=C(C)N1CCCCC1.CC.CC. The van der Waals surface area contributed by atoms with Crippen LogP contribution in [-0.2, 0) is 0 Å². The number of rotatable bonds is 1. The highest BCUT2D eigenvalue weighted by molar-refractivity contribution is 4.89. The molecule has 1 nitrogen and oxygen atoms in total. The molecule has 1 fully saturated rings. The van der Waals surface area contributed by atoms with E-state index in [4.69, 9.17) is 0 Å². The molecule has 1 saturated heterocycles. The van der Waals surface area contributed by atoms with Gasteiger partial charge in [0.15, 0.2) is 0 Å². The molecule has 1 aliphatic heterocycles. The van der Waals surface area contributed by atoms with Crippen LogP contribution >= 0.6 is 0 Å². The Morgan fingerprint density at radius 1 is 0.923 bits per heavy atom. The van der Waals surface area contributed by atoms with Gasteiger partial charge in [0.2, 0.25) is 0 Å². The number of piperidine rings is 1. The third-order valence-corrected chi connectivity index (χ3v) is 1.90. The normalized spacial score (nSPS) is 14.7. The summed E-state index contributed by atoms with van der Waals surface area (Å²) in [7, 11) is 0. The molecule has 0 saturated carbocycles. The Morgan fingerprint density at radius 3 is 1.54 bits per heavy atom. The van der Waals surface area contributed by atoms with Crippen molar-refractivity contribution in [1.29, 1.82) is 0 Å². The van der Waals surface area contributed by atoms with E-state index in [1.807, 2.05) is 27.7 Å². The summed E-state index contributed by atoms with van der Waals surface area (Å²) in [6.07, 6.45) is 4.11. The van der Waals surface area contributed by atoms with Gasteiger partial charge in [-0.2, -0.15) is 0 Å². The van der Waals surface area contributed by atoms with E-state index >= 15 is 0 Å².